The lowest BCUT2D eigenvalue weighted by Crippen LogP contribution is -2.14. The molecule has 0 saturated heterocycles. The van der Waals surface area contributed by atoms with Gasteiger partial charge in [0.05, 0.1) is 0 Å². The van der Waals surface area contributed by atoms with E-state index in [1.165, 1.54) is 12.8 Å². The molecule has 0 bridgehead atoms. The summed E-state index contributed by atoms with van der Waals surface area (Å²) in [6, 6.07) is 0. The lowest BCUT2D eigenvalue weighted by molar-refractivity contribution is 0.698. The zero-order valence-corrected chi connectivity index (χ0v) is 7.85. The summed E-state index contributed by atoms with van der Waals surface area (Å²) in [5.41, 5.74) is 1.58. The highest BCUT2D eigenvalue weighted by Gasteiger charge is 2.19. The van der Waals surface area contributed by atoms with Crippen LogP contribution in [-0.2, 0) is 0 Å². The fourth-order valence-electron chi connectivity index (χ4n) is 1.23. The van der Waals surface area contributed by atoms with Crippen LogP contribution in [0.5, 0.6) is 0 Å². The molecule has 1 N–H and O–H groups in total. The summed E-state index contributed by atoms with van der Waals surface area (Å²) in [4.78, 5) is 0. The van der Waals surface area contributed by atoms with Crippen LogP contribution in [0, 0.1) is 11.8 Å². The first-order valence-electron chi connectivity index (χ1n) is 4.59. The third-order valence-electron chi connectivity index (χ3n) is 2.19. The first-order valence-corrected chi connectivity index (χ1v) is 4.59. The molecule has 0 aromatic rings. The lowest BCUT2D eigenvalue weighted by Gasteiger charge is -2.10. The highest BCUT2D eigenvalue weighted by Crippen LogP contribution is 2.32. The van der Waals surface area contributed by atoms with Gasteiger partial charge in [-0.15, -0.1) is 0 Å². The van der Waals surface area contributed by atoms with Crippen LogP contribution in [0.15, 0.2) is 11.6 Å². The third-order valence-corrected chi connectivity index (χ3v) is 2.19. The number of hydrogen-bond donors (Lipinski definition) is 1. The first kappa shape index (κ1) is 8.79. The van der Waals surface area contributed by atoms with Crippen LogP contribution < -0.4 is 5.32 Å². The van der Waals surface area contributed by atoms with Crippen molar-refractivity contribution in [3.63, 3.8) is 0 Å². The van der Waals surface area contributed by atoms with Crippen molar-refractivity contribution in [3.05, 3.63) is 11.6 Å². The highest BCUT2D eigenvalue weighted by atomic mass is 14.8. The summed E-state index contributed by atoms with van der Waals surface area (Å²) in [6.45, 7) is 5.60. The predicted molar refractivity (Wildman–Crippen MR) is 49.6 cm³/mol. The van der Waals surface area contributed by atoms with E-state index in [9.17, 15) is 0 Å². The Labute approximate surface area is 69.9 Å². The fourth-order valence-corrected chi connectivity index (χ4v) is 1.23. The summed E-state index contributed by atoms with van der Waals surface area (Å²) in [5.74, 6) is 1.63. The summed E-state index contributed by atoms with van der Waals surface area (Å²) >= 11 is 0. The molecule has 1 aliphatic rings. The second-order valence-corrected chi connectivity index (χ2v) is 3.76. The van der Waals surface area contributed by atoms with Crippen molar-refractivity contribution in [2.45, 2.75) is 26.7 Å². The smallest absolute Gasteiger partial charge is 0.0164 e. The van der Waals surface area contributed by atoms with Gasteiger partial charge in [-0.3, -0.25) is 0 Å². The predicted octanol–water partition coefficient (Wildman–Crippen LogP) is 2.20. The van der Waals surface area contributed by atoms with E-state index in [0.29, 0.717) is 5.92 Å². The maximum absolute atomic E-state index is 3.21. The molecular formula is C10H19N. The quantitative estimate of drug-likeness (QED) is 0.610. The van der Waals surface area contributed by atoms with Gasteiger partial charge in [0, 0.05) is 6.54 Å². The second-order valence-electron chi connectivity index (χ2n) is 3.76. The fraction of sp³-hybridized carbons (Fsp3) is 0.800. The highest BCUT2D eigenvalue weighted by molar-refractivity contribution is 5.11. The summed E-state index contributed by atoms with van der Waals surface area (Å²) in [7, 11) is 2.02. The topological polar surface area (TPSA) is 12.0 Å². The number of allylic oxidation sites excluding steroid dienone is 1. The molecule has 1 nitrogen and oxygen atoms in total. The van der Waals surface area contributed by atoms with Gasteiger partial charge in [0.15, 0.2) is 0 Å². The van der Waals surface area contributed by atoms with Crippen molar-refractivity contribution in [1.29, 1.82) is 0 Å². The van der Waals surface area contributed by atoms with Crippen LogP contribution in [0.4, 0.5) is 0 Å². The Kier molecular flexibility index (Phi) is 3.13. The van der Waals surface area contributed by atoms with E-state index in [1.54, 1.807) is 5.57 Å². The molecule has 64 valence electrons. The van der Waals surface area contributed by atoms with E-state index in [2.05, 4.69) is 25.2 Å². The van der Waals surface area contributed by atoms with E-state index in [0.717, 1.165) is 12.5 Å². The Morgan fingerprint density at radius 1 is 1.55 bits per heavy atom. The molecule has 0 heterocycles. The van der Waals surface area contributed by atoms with Crippen LogP contribution in [-0.4, -0.2) is 13.6 Å². The van der Waals surface area contributed by atoms with E-state index >= 15 is 0 Å². The molecule has 11 heavy (non-hydrogen) atoms. The minimum atomic E-state index is 0.711. The Morgan fingerprint density at radius 3 is 2.55 bits per heavy atom. The molecule has 1 rings (SSSR count). The van der Waals surface area contributed by atoms with Gasteiger partial charge in [-0.2, -0.15) is 0 Å². The monoisotopic (exact) mass is 153 g/mol. The van der Waals surface area contributed by atoms with Crippen LogP contribution in [0.2, 0.25) is 0 Å². The van der Waals surface area contributed by atoms with Gasteiger partial charge in [-0.25, -0.2) is 0 Å². The van der Waals surface area contributed by atoms with Crippen molar-refractivity contribution in [1.82, 2.24) is 5.32 Å². The summed E-state index contributed by atoms with van der Waals surface area (Å²) < 4.78 is 0. The Bertz CT molecular complexity index is 143. The molecule has 1 aliphatic carbocycles. The van der Waals surface area contributed by atoms with Gasteiger partial charge in [-0.05, 0) is 31.7 Å². The van der Waals surface area contributed by atoms with Gasteiger partial charge in [0.2, 0.25) is 0 Å². The average Bonchev–Trinajstić information content (AvgIpc) is 2.70. The van der Waals surface area contributed by atoms with Crippen molar-refractivity contribution in [3.8, 4) is 0 Å². The standard InChI is InChI=1S/C10H19N/c1-8(2)10(7-11-3)6-9-4-5-9/h6,8-9,11H,4-5,7H2,1-3H3. The maximum atomic E-state index is 3.21. The van der Waals surface area contributed by atoms with Crippen LogP contribution in [0.1, 0.15) is 26.7 Å². The molecule has 0 spiro atoms. The van der Waals surface area contributed by atoms with Crippen molar-refractivity contribution in [2.24, 2.45) is 11.8 Å². The van der Waals surface area contributed by atoms with Crippen molar-refractivity contribution < 1.29 is 0 Å². The third kappa shape index (κ3) is 3.06. The Hall–Kier alpha value is -0.300. The molecule has 0 aromatic carbocycles. The van der Waals surface area contributed by atoms with E-state index in [-0.39, 0.29) is 0 Å². The zero-order chi connectivity index (χ0) is 8.27. The Balaban J connectivity index is 2.42. The molecule has 0 radical (unpaired) electrons. The van der Waals surface area contributed by atoms with E-state index < -0.39 is 0 Å². The van der Waals surface area contributed by atoms with E-state index in [4.69, 9.17) is 0 Å². The van der Waals surface area contributed by atoms with Crippen molar-refractivity contribution >= 4 is 0 Å². The Morgan fingerprint density at radius 2 is 2.18 bits per heavy atom. The largest absolute Gasteiger partial charge is 0.316 e. The lowest BCUT2D eigenvalue weighted by atomic mass is 10.0. The van der Waals surface area contributed by atoms with Gasteiger partial charge in [0.1, 0.15) is 0 Å². The minimum Gasteiger partial charge on any atom is -0.316 e. The number of rotatable bonds is 4. The van der Waals surface area contributed by atoms with Gasteiger partial charge in [-0.1, -0.05) is 25.5 Å². The normalized spacial score (nSPS) is 19.5. The summed E-state index contributed by atoms with van der Waals surface area (Å²) in [5, 5.41) is 3.21. The zero-order valence-electron chi connectivity index (χ0n) is 7.85. The molecule has 0 atom stereocenters. The average molecular weight is 153 g/mol. The SMILES string of the molecule is CNCC(=CC1CC1)C(C)C. The van der Waals surface area contributed by atoms with E-state index in [1.807, 2.05) is 7.05 Å². The first-order chi connectivity index (χ1) is 5.24. The van der Waals surface area contributed by atoms with Gasteiger partial charge >= 0.3 is 0 Å². The van der Waals surface area contributed by atoms with Crippen molar-refractivity contribution in [2.75, 3.05) is 13.6 Å². The maximum Gasteiger partial charge on any atom is 0.0164 e. The molecule has 1 heteroatoms. The number of hydrogen-bond acceptors (Lipinski definition) is 1. The number of likely N-dealkylation sites (N-methyl/N-ethyl adjacent to an activating group) is 1. The van der Waals surface area contributed by atoms with Gasteiger partial charge < -0.3 is 5.32 Å². The number of nitrogens with one attached hydrogen (secondary N) is 1. The molecule has 1 saturated carbocycles. The van der Waals surface area contributed by atoms with Gasteiger partial charge in [0.25, 0.3) is 0 Å². The molecular weight excluding hydrogens is 134 g/mol. The molecule has 0 amide bonds. The minimum absolute atomic E-state index is 0.711. The molecule has 0 unspecified atom stereocenters. The second kappa shape index (κ2) is 3.91. The van der Waals surface area contributed by atoms with Crippen LogP contribution in [0.3, 0.4) is 0 Å². The molecule has 0 aromatic heterocycles. The molecule has 0 aliphatic heterocycles. The molecule has 1 fully saturated rings. The summed E-state index contributed by atoms with van der Waals surface area (Å²) in [6.07, 6.45) is 5.29. The van der Waals surface area contributed by atoms with Crippen LogP contribution >= 0.6 is 0 Å². The van der Waals surface area contributed by atoms with Crippen LogP contribution in [0.25, 0.3) is 0 Å².